The van der Waals surface area contributed by atoms with Gasteiger partial charge in [0.1, 0.15) is 5.82 Å². The van der Waals surface area contributed by atoms with Crippen molar-refractivity contribution in [2.24, 2.45) is 0 Å². The van der Waals surface area contributed by atoms with Crippen molar-refractivity contribution in [3.63, 3.8) is 0 Å². The Hall–Kier alpha value is -1.46. The molecule has 110 valence electrons. The van der Waals surface area contributed by atoms with Crippen LogP contribution in [0.3, 0.4) is 0 Å². The second-order valence-corrected chi connectivity index (χ2v) is 5.64. The van der Waals surface area contributed by atoms with Gasteiger partial charge in [-0.25, -0.2) is 4.39 Å². The summed E-state index contributed by atoms with van der Waals surface area (Å²) in [5.41, 5.74) is -0.0124. The number of piperazine rings is 1. The molecule has 0 saturated carbocycles. The van der Waals surface area contributed by atoms with Crippen molar-refractivity contribution in [1.82, 2.24) is 10.2 Å². The predicted octanol–water partition coefficient (Wildman–Crippen LogP) is 1.47. The van der Waals surface area contributed by atoms with E-state index in [-0.39, 0.29) is 11.7 Å². The average molecular weight is 279 g/mol. The Kier molecular flexibility index (Phi) is 4.40. The first-order valence-corrected chi connectivity index (χ1v) is 6.92. The fourth-order valence-electron chi connectivity index (χ4n) is 2.57. The van der Waals surface area contributed by atoms with Crippen LogP contribution in [-0.4, -0.2) is 49.6 Å². The summed E-state index contributed by atoms with van der Waals surface area (Å²) < 4.78 is 13.3. The van der Waals surface area contributed by atoms with E-state index in [1.54, 1.807) is 19.2 Å². The zero-order chi connectivity index (χ0) is 14.8. The normalized spacial score (nSPS) is 17.0. The topological polar surface area (TPSA) is 35.6 Å². The summed E-state index contributed by atoms with van der Waals surface area (Å²) in [5, 5.41) is 3.28. The molecule has 20 heavy (non-hydrogen) atoms. The molecule has 1 saturated heterocycles. The van der Waals surface area contributed by atoms with Crippen LogP contribution in [0.1, 0.15) is 13.8 Å². The van der Waals surface area contributed by atoms with E-state index in [1.807, 2.05) is 13.8 Å². The Morgan fingerprint density at radius 1 is 1.35 bits per heavy atom. The van der Waals surface area contributed by atoms with Gasteiger partial charge in [0.15, 0.2) is 0 Å². The van der Waals surface area contributed by atoms with Gasteiger partial charge in [0.05, 0.1) is 5.54 Å². The van der Waals surface area contributed by atoms with Crippen LogP contribution in [0.4, 0.5) is 10.1 Å². The van der Waals surface area contributed by atoms with Gasteiger partial charge in [0.25, 0.3) is 0 Å². The molecule has 0 atom stereocenters. The molecule has 2 rings (SSSR count). The maximum absolute atomic E-state index is 13.3. The molecule has 0 aliphatic carbocycles. The molecule has 1 N–H and O–H groups in total. The van der Waals surface area contributed by atoms with Gasteiger partial charge < -0.3 is 10.2 Å². The highest BCUT2D eigenvalue weighted by molar-refractivity contribution is 5.99. The first-order chi connectivity index (χ1) is 9.43. The minimum Gasteiger partial charge on any atom is -0.314 e. The molecule has 1 aromatic carbocycles. The molecule has 1 aromatic rings. The van der Waals surface area contributed by atoms with Gasteiger partial charge in [-0.1, -0.05) is 6.07 Å². The number of halogens is 1. The number of rotatable bonds is 3. The fraction of sp³-hybridized carbons (Fsp3) is 0.533. The molecule has 5 heteroatoms. The minimum absolute atomic E-state index is 0.0231. The molecule has 1 aliphatic heterocycles. The molecular formula is C15H22FN3O. The number of nitrogens with one attached hydrogen (secondary N) is 1. The van der Waals surface area contributed by atoms with Crippen LogP contribution in [0.15, 0.2) is 24.3 Å². The van der Waals surface area contributed by atoms with Crippen LogP contribution in [-0.2, 0) is 4.79 Å². The van der Waals surface area contributed by atoms with Gasteiger partial charge in [-0.05, 0) is 32.0 Å². The van der Waals surface area contributed by atoms with E-state index in [0.29, 0.717) is 5.69 Å². The summed E-state index contributed by atoms with van der Waals surface area (Å²) in [6.45, 7) is 7.32. The molecule has 4 nitrogen and oxygen atoms in total. The third-order valence-corrected chi connectivity index (χ3v) is 3.93. The number of benzene rings is 1. The average Bonchev–Trinajstić information content (AvgIpc) is 2.46. The maximum Gasteiger partial charge on any atom is 0.246 e. The molecular weight excluding hydrogens is 257 g/mol. The highest BCUT2D eigenvalue weighted by Gasteiger charge is 2.37. The van der Waals surface area contributed by atoms with E-state index in [2.05, 4.69) is 10.2 Å². The monoisotopic (exact) mass is 279 g/mol. The van der Waals surface area contributed by atoms with E-state index >= 15 is 0 Å². The number of nitrogens with zero attached hydrogens (tertiary/aromatic N) is 2. The standard InChI is InChI=1S/C15H22FN3O/c1-15(2,19-9-7-17-8-10-19)14(20)18(3)13-6-4-5-12(16)11-13/h4-6,11,17H,7-10H2,1-3H3. The van der Waals surface area contributed by atoms with E-state index in [0.717, 1.165) is 26.2 Å². The molecule has 1 amide bonds. The van der Waals surface area contributed by atoms with E-state index in [4.69, 9.17) is 0 Å². The van der Waals surface area contributed by atoms with E-state index < -0.39 is 5.54 Å². The molecule has 1 aliphatic rings. The number of hydrogen-bond acceptors (Lipinski definition) is 3. The number of carbonyl (C=O) groups is 1. The van der Waals surface area contributed by atoms with Gasteiger partial charge in [-0.15, -0.1) is 0 Å². The lowest BCUT2D eigenvalue weighted by atomic mass is 9.99. The lowest BCUT2D eigenvalue weighted by Gasteiger charge is -2.41. The van der Waals surface area contributed by atoms with Crippen LogP contribution in [0.2, 0.25) is 0 Å². The summed E-state index contributed by atoms with van der Waals surface area (Å²) in [5.74, 6) is -0.355. The molecule has 0 aromatic heterocycles. The molecule has 0 unspecified atom stereocenters. The van der Waals surface area contributed by atoms with Gasteiger partial charge in [-0.2, -0.15) is 0 Å². The number of likely N-dealkylation sites (N-methyl/N-ethyl adjacent to an activating group) is 1. The van der Waals surface area contributed by atoms with Crippen LogP contribution in [0.25, 0.3) is 0 Å². The largest absolute Gasteiger partial charge is 0.314 e. The number of amides is 1. The Labute approximate surface area is 119 Å². The molecule has 0 bridgehead atoms. The highest BCUT2D eigenvalue weighted by Crippen LogP contribution is 2.22. The smallest absolute Gasteiger partial charge is 0.246 e. The van der Waals surface area contributed by atoms with E-state index in [9.17, 15) is 9.18 Å². The first kappa shape index (κ1) is 14.9. The third-order valence-electron chi connectivity index (χ3n) is 3.93. The lowest BCUT2D eigenvalue weighted by molar-refractivity contribution is -0.129. The SMILES string of the molecule is CN(C(=O)C(C)(C)N1CCNCC1)c1cccc(F)c1. The van der Waals surface area contributed by atoms with Crippen molar-refractivity contribution < 1.29 is 9.18 Å². The summed E-state index contributed by atoms with van der Waals surface area (Å²) in [6, 6.07) is 6.12. The van der Waals surface area contributed by atoms with Crippen molar-refractivity contribution in [3.05, 3.63) is 30.1 Å². The maximum atomic E-state index is 13.3. The van der Waals surface area contributed by atoms with Crippen molar-refractivity contribution in [2.45, 2.75) is 19.4 Å². The van der Waals surface area contributed by atoms with E-state index in [1.165, 1.54) is 17.0 Å². The van der Waals surface area contributed by atoms with Crippen molar-refractivity contribution in [1.29, 1.82) is 0 Å². The zero-order valence-electron chi connectivity index (χ0n) is 12.3. The number of hydrogen-bond donors (Lipinski definition) is 1. The quantitative estimate of drug-likeness (QED) is 0.910. The molecule has 1 heterocycles. The van der Waals surface area contributed by atoms with Crippen molar-refractivity contribution in [2.75, 3.05) is 38.1 Å². The molecule has 0 spiro atoms. The summed E-state index contributed by atoms with van der Waals surface area (Å²) in [4.78, 5) is 16.4. The zero-order valence-corrected chi connectivity index (χ0v) is 12.3. The Morgan fingerprint density at radius 3 is 2.60 bits per heavy atom. The first-order valence-electron chi connectivity index (χ1n) is 6.92. The Balaban J connectivity index is 2.16. The summed E-state index contributed by atoms with van der Waals surface area (Å²) >= 11 is 0. The van der Waals surface area contributed by atoms with Crippen LogP contribution in [0, 0.1) is 5.82 Å². The highest BCUT2D eigenvalue weighted by atomic mass is 19.1. The fourth-order valence-corrected chi connectivity index (χ4v) is 2.57. The summed E-state index contributed by atoms with van der Waals surface area (Å²) in [7, 11) is 1.70. The number of anilines is 1. The summed E-state index contributed by atoms with van der Waals surface area (Å²) in [6.07, 6.45) is 0. The van der Waals surface area contributed by atoms with Crippen LogP contribution >= 0.6 is 0 Å². The van der Waals surface area contributed by atoms with Crippen LogP contribution < -0.4 is 10.2 Å². The van der Waals surface area contributed by atoms with Crippen molar-refractivity contribution >= 4 is 11.6 Å². The third kappa shape index (κ3) is 2.99. The molecule has 1 fully saturated rings. The van der Waals surface area contributed by atoms with Gasteiger partial charge >= 0.3 is 0 Å². The lowest BCUT2D eigenvalue weighted by Crippen LogP contribution is -2.60. The van der Waals surface area contributed by atoms with Gasteiger partial charge in [0, 0.05) is 38.9 Å². The minimum atomic E-state index is -0.594. The Bertz CT molecular complexity index is 484. The van der Waals surface area contributed by atoms with Gasteiger partial charge in [-0.3, -0.25) is 9.69 Å². The molecule has 0 radical (unpaired) electrons. The van der Waals surface area contributed by atoms with Gasteiger partial charge in [0.2, 0.25) is 5.91 Å². The van der Waals surface area contributed by atoms with Crippen LogP contribution in [0.5, 0.6) is 0 Å². The predicted molar refractivity (Wildman–Crippen MR) is 78.3 cm³/mol. The van der Waals surface area contributed by atoms with Crippen molar-refractivity contribution in [3.8, 4) is 0 Å². The second-order valence-electron chi connectivity index (χ2n) is 5.64. The number of carbonyl (C=O) groups excluding carboxylic acids is 1. The Morgan fingerprint density at radius 2 is 2.00 bits per heavy atom. The second kappa shape index (κ2) is 5.89.